The van der Waals surface area contributed by atoms with E-state index >= 15 is 0 Å². The fraction of sp³-hybridized carbons (Fsp3) is 0.0714. The predicted molar refractivity (Wildman–Crippen MR) is 71.6 cm³/mol. The summed E-state index contributed by atoms with van der Waals surface area (Å²) in [6.07, 6.45) is 0.736. The largest absolute Gasteiger partial charge is 0.348 e. The standard InChI is InChI=1S/C14H12BrNO/c15-13-8-6-12(7-9-13)14(16-10-17)11-4-2-1-3-5-11/h1-10,14H,(H,16,17). The minimum atomic E-state index is -0.0956. The molecule has 3 heteroatoms. The lowest BCUT2D eigenvalue weighted by molar-refractivity contribution is -0.110. The second-order valence-electron chi connectivity index (χ2n) is 3.68. The van der Waals surface area contributed by atoms with Gasteiger partial charge in [0.1, 0.15) is 0 Å². The maximum Gasteiger partial charge on any atom is 0.207 e. The highest BCUT2D eigenvalue weighted by molar-refractivity contribution is 9.10. The Morgan fingerprint density at radius 3 is 2.12 bits per heavy atom. The monoisotopic (exact) mass is 289 g/mol. The molecule has 2 nitrogen and oxygen atoms in total. The van der Waals surface area contributed by atoms with E-state index in [1.54, 1.807) is 0 Å². The van der Waals surface area contributed by atoms with Crippen LogP contribution in [0.25, 0.3) is 0 Å². The molecular formula is C14H12BrNO. The van der Waals surface area contributed by atoms with Crippen molar-refractivity contribution >= 4 is 22.3 Å². The molecule has 0 fully saturated rings. The van der Waals surface area contributed by atoms with Crippen molar-refractivity contribution in [1.82, 2.24) is 5.32 Å². The van der Waals surface area contributed by atoms with Crippen molar-refractivity contribution in [3.8, 4) is 0 Å². The first-order valence-corrected chi connectivity index (χ1v) is 6.10. The molecule has 86 valence electrons. The molecule has 0 heterocycles. The van der Waals surface area contributed by atoms with Crippen LogP contribution in [0.2, 0.25) is 0 Å². The van der Waals surface area contributed by atoms with E-state index in [0.717, 1.165) is 22.0 Å². The van der Waals surface area contributed by atoms with Crippen molar-refractivity contribution in [2.75, 3.05) is 0 Å². The fourth-order valence-corrected chi connectivity index (χ4v) is 2.02. The number of amides is 1. The van der Waals surface area contributed by atoms with Gasteiger partial charge in [-0.25, -0.2) is 0 Å². The van der Waals surface area contributed by atoms with Gasteiger partial charge >= 0.3 is 0 Å². The molecule has 2 aromatic carbocycles. The highest BCUT2D eigenvalue weighted by Gasteiger charge is 2.11. The Kier molecular flexibility index (Phi) is 3.94. The molecule has 0 aromatic heterocycles. The zero-order valence-electron chi connectivity index (χ0n) is 9.14. The lowest BCUT2D eigenvalue weighted by Crippen LogP contribution is -2.20. The van der Waals surface area contributed by atoms with Gasteiger partial charge in [-0.05, 0) is 23.3 Å². The molecule has 0 saturated carbocycles. The van der Waals surface area contributed by atoms with E-state index in [-0.39, 0.29) is 6.04 Å². The number of nitrogens with one attached hydrogen (secondary N) is 1. The summed E-state index contributed by atoms with van der Waals surface area (Å²) < 4.78 is 1.03. The van der Waals surface area contributed by atoms with Gasteiger partial charge < -0.3 is 5.32 Å². The van der Waals surface area contributed by atoms with Crippen LogP contribution in [0.15, 0.2) is 59.1 Å². The Bertz CT molecular complexity index is 481. The van der Waals surface area contributed by atoms with Crippen LogP contribution in [0.1, 0.15) is 17.2 Å². The summed E-state index contributed by atoms with van der Waals surface area (Å²) in [6.45, 7) is 0. The van der Waals surface area contributed by atoms with Crippen LogP contribution in [0.3, 0.4) is 0 Å². The number of benzene rings is 2. The lowest BCUT2D eigenvalue weighted by Gasteiger charge is -2.17. The Hall–Kier alpha value is -1.61. The molecule has 1 unspecified atom stereocenters. The van der Waals surface area contributed by atoms with Gasteiger partial charge in [0.2, 0.25) is 6.41 Å². The summed E-state index contributed by atoms with van der Waals surface area (Å²) in [5.41, 5.74) is 2.13. The zero-order chi connectivity index (χ0) is 12.1. The number of rotatable bonds is 4. The Balaban J connectivity index is 2.35. The molecule has 0 bridgehead atoms. The first-order valence-electron chi connectivity index (χ1n) is 5.31. The molecule has 17 heavy (non-hydrogen) atoms. The van der Waals surface area contributed by atoms with Crippen LogP contribution in [-0.4, -0.2) is 6.41 Å². The average Bonchev–Trinajstić information content (AvgIpc) is 2.38. The summed E-state index contributed by atoms with van der Waals surface area (Å²) in [4.78, 5) is 10.7. The highest BCUT2D eigenvalue weighted by atomic mass is 79.9. The molecule has 0 aliphatic carbocycles. The van der Waals surface area contributed by atoms with Gasteiger partial charge in [-0.1, -0.05) is 58.4 Å². The summed E-state index contributed by atoms with van der Waals surface area (Å²) in [5.74, 6) is 0. The average molecular weight is 290 g/mol. The number of carbonyl (C=O) groups excluding carboxylic acids is 1. The molecule has 0 aliphatic heterocycles. The summed E-state index contributed by atoms with van der Waals surface area (Å²) in [6, 6.07) is 17.7. The van der Waals surface area contributed by atoms with Crippen LogP contribution < -0.4 is 5.32 Å². The fourth-order valence-electron chi connectivity index (χ4n) is 1.75. The van der Waals surface area contributed by atoms with Crippen molar-refractivity contribution in [2.24, 2.45) is 0 Å². The maximum atomic E-state index is 10.7. The second-order valence-corrected chi connectivity index (χ2v) is 4.60. The number of halogens is 1. The molecule has 1 amide bonds. The van der Waals surface area contributed by atoms with Crippen molar-refractivity contribution in [3.63, 3.8) is 0 Å². The lowest BCUT2D eigenvalue weighted by atomic mass is 9.99. The third-order valence-corrected chi connectivity index (χ3v) is 3.10. The van der Waals surface area contributed by atoms with Crippen LogP contribution >= 0.6 is 15.9 Å². The van der Waals surface area contributed by atoms with Gasteiger partial charge in [-0.2, -0.15) is 0 Å². The molecular weight excluding hydrogens is 278 g/mol. The Labute approximate surface area is 109 Å². The van der Waals surface area contributed by atoms with E-state index < -0.39 is 0 Å². The maximum absolute atomic E-state index is 10.7. The zero-order valence-corrected chi connectivity index (χ0v) is 10.7. The van der Waals surface area contributed by atoms with Gasteiger partial charge in [-0.3, -0.25) is 4.79 Å². The van der Waals surface area contributed by atoms with Gasteiger partial charge in [0.25, 0.3) is 0 Å². The number of hydrogen-bond acceptors (Lipinski definition) is 1. The van der Waals surface area contributed by atoms with Crippen LogP contribution in [-0.2, 0) is 4.79 Å². The molecule has 2 aromatic rings. The molecule has 0 aliphatic rings. The molecule has 1 atom stereocenters. The van der Waals surface area contributed by atoms with Crippen LogP contribution in [0.4, 0.5) is 0 Å². The minimum Gasteiger partial charge on any atom is -0.348 e. The third-order valence-electron chi connectivity index (χ3n) is 2.57. The van der Waals surface area contributed by atoms with Crippen molar-refractivity contribution < 1.29 is 4.79 Å². The molecule has 0 radical (unpaired) electrons. The molecule has 1 N–H and O–H groups in total. The van der Waals surface area contributed by atoms with Gasteiger partial charge in [0.05, 0.1) is 6.04 Å². The van der Waals surface area contributed by atoms with Crippen molar-refractivity contribution in [1.29, 1.82) is 0 Å². The highest BCUT2D eigenvalue weighted by Crippen LogP contribution is 2.22. The van der Waals surface area contributed by atoms with E-state index in [4.69, 9.17) is 0 Å². The predicted octanol–water partition coefficient (Wildman–Crippen LogP) is 3.28. The Morgan fingerprint density at radius 2 is 1.53 bits per heavy atom. The minimum absolute atomic E-state index is 0.0956. The molecule has 0 saturated heterocycles. The first kappa shape index (κ1) is 11.9. The summed E-state index contributed by atoms with van der Waals surface area (Å²) >= 11 is 3.40. The van der Waals surface area contributed by atoms with Crippen molar-refractivity contribution in [3.05, 3.63) is 70.2 Å². The van der Waals surface area contributed by atoms with Gasteiger partial charge in [-0.15, -0.1) is 0 Å². The molecule has 2 rings (SSSR count). The normalized spacial score (nSPS) is 11.8. The molecule has 0 spiro atoms. The summed E-state index contributed by atoms with van der Waals surface area (Å²) in [7, 11) is 0. The van der Waals surface area contributed by atoms with E-state index in [9.17, 15) is 4.79 Å². The number of hydrogen-bond donors (Lipinski definition) is 1. The SMILES string of the molecule is O=CNC(c1ccccc1)c1ccc(Br)cc1. The smallest absolute Gasteiger partial charge is 0.207 e. The van der Waals surface area contributed by atoms with Crippen LogP contribution in [0, 0.1) is 0 Å². The third kappa shape index (κ3) is 2.94. The first-order chi connectivity index (χ1) is 8.31. The second kappa shape index (κ2) is 5.64. The van der Waals surface area contributed by atoms with Gasteiger partial charge in [0.15, 0.2) is 0 Å². The van der Waals surface area contributed by atoms with E-state index in [0.29, 0.717) is 0 Å². The van der Waals surface area contributed by atoms with E-state index in [1.165, 1.54) is 0 Å². The van der Waals surface area contributed by atoms with Crippen molar-refractivity contribution in [2.45, 2.75) is 6.04 Å². The Morgan fingerprint density at radius 1 is 0.941 bits per heavy atom. The van der Waals surface area contributed by atoms with Crippen LogP contribution in [0.5, 0.6) is 0 Å². The van der Waals surface area contributed by atoms with Gasteiger partial charge in [0, 0.05) is 4.47 Å². The topological polar surface area (TPSA) is 29.1 Å². The number of carbonyl (C=O) groups is 1. The summed E-state index contributed by atoms with van der Waals surface area (Å²) in [5, 5.41) is 2.84. The van der Waals surface area contributed by atoms with E-state index in [2.05, 4.69) is 21.2 Å². The quantitative estimate of drug-likeness (QED) is 0.860. The van der Waals surface area contributed by atoms with E-state index in [1.807, 2.05) is 54.6 Å².